The fourth-order valence-corrected chi connectivity index (χ4v) is 3.84. The minimum Gasteiger partial charge on any atom is -0.350 e. The summed E-state index contributed by atoms with van der Waals surface area (Å²) in [4.78, 5) is 17.6. The van der Waals surface area contributed by atoms with Crippen LogP contribution in [0.2, 0.25) is 0 Å². The van der Waals surface area contributed by atoms with E-state index in [9.17, 15) is 13.6 Å². The average molecular weight is 405 g/mol. The Morgan fingerprint density at radius 3 is 2.52 bits per heavy atom. The molecule has 158 valence electrons. The van der Waals surface area contributed by atoms with E-state index in [1.165, 1.54) is 16.8 Å². The second-order valence-corrected chi connectivity index (χ2v) is 7.58. The third-order valence-corrected chi connectivity index (χ3v) is 5.69. The summed E-state index contributed by atoms with van der Waals surface area (Å²) in [5, 5.41) is 7.29. The number of amides is 1. The Morgan fingerprint density at radius 2 is 1.90 bits per heavy atom. The van der Waals surface area contributed by atoms with Gasteiger partial charge in [0.2, 0.25) is 0 Å². The number of nitrogens with zero attached hydrogens (tertiary/aromatic N) is 4. The number of carbonyl (C=O) groups is 1. The molecule has 1 amide bonds. The molecule has 1 aliphatic rings. The van der Waals surface area contributed by atoms with Crippen LogP contribution in [0.15, 0.2) is 18.2 Å². The van der Waals surface area contributed by atoms with Crippen LogP contribution in [0.1, 0.15) is 35.6 Å². The Labute approximate surface area is 170 Å². The Hall–Kier alpha value is -2.32. The number of nitrogens with one attached hydrogen (secondary N) is 1. The molecular weight excluding hydrogens is 376 g/mol. The summed E-state index contributed by atoms with van der Waals surface area (Å²) in [6, 6.07) is 3.53. The molecule has 0 bridgehead atoms. The van der Waals surface area contributed by atoms with Crippen molar-refractivity contribution in [3.8, 4) is 5.69 Å². The van der Waals surface area contributed by atoms with Crippen LogP contribution in [0, 0.1) is 25.5 Å². The predicted octanol–water partition coefficient (Wildman–Crippen LogP) is 2.52. The number of rotatable bonds is 6. The molecule has 1 atom stereocenters. The predicted molar refractivity (Wildman–Crippen MR) is 108 cm³/mol. The van der Waals surface area contributed by atoms with Crippen molar-refractivity contribution in [2.75, 3.05) is 39.3 Å². The van der Waals surface area contributed by atoms with Crippen molar-refractivity contribution in [1.29, 1.82) is 0 Å². The van der Waals surface area contributed by atoms with Crippen LogP contribution < -0.4 is 5.32 Å². The van der Waals surface area contributed by atoms with Gasteiger partial charge >= 0.3 is 0 Å². The summed E-state index contributed by atoms with van der Waals surface area (Å²) in [6.07, 6.45) is 0. The van der Waals surface area contributed by atoms with Gasteiger partial charge in [-0.25, -0.2) is 13.5 Å². The zero-order valence-electron chi connectivity index (χ0n) is 17.5. The summed E-state index contributed by atoms with van der Waals surface area (Å²) in [6.45, 7) is 13.4. The minimum absolute atomic E-state index is 0.119. The summed E-state index contributed by atoms with van der Waals surface area (Å²) >= 11 is 0. The summed E-state index contributed by atoms with van der Waals surface area (Å²) in [7, 11) is 0. The topological polar surface area (TPSA) is 53.4 Å². The highest BCUT2D eigenvalue weighted by Crippen LogP contribution is 2.21. The quantitative estimate of drug-likeness (QED) is 0.803. The number of halogens is 2. The molecule has 1 aliphatic heterocycles. The molecule has 1 aromatic heterocycles. The van der Waals surface area contributed by atoms with Crippen molar-refractivity contribution in [3.05, 3.63) is 46.8 Å². The third kappa shape index (κ3) is 4.64. The van der Waals surface area contributed by atoms with Crippen LogP contribution in [0.25, 0.3) is 5.69 Å². The van der Waals surface area contributed by atoms with Gasteiger partial charge in [0.15, 0.2) is 5.82 Å². The van der Waals surface area contributed by atoms with Crippen molar-refractivity contribution in [1.82, 2.24) is 24.9 Å². The van der Waals surface area contributed by atoms with Gasteiger partial charge in [0.1, 0.15) is 11.5 Å². The van der Waals surface area contributed by atoms with Gasteiger partial charge < -0.3 is 10.2 Å². The molecule has 0 radical (unpaired) electrons. The fraction of sp³-hybridized carbons (Fsp3) is 0.524. The van der Waals surface area contributed by atoms with E-state index in [1.807, 2.05) is 0 Å². The van der Waals surface area contributed by atoms with Gasteiger partial charge in [-0.1, -0.05) is 6.92 Å². The Kier molecular flexibility index (Phi) is 6.64. The van der Waals surface area contributed by atoms with Crippen molar-refractivity contribution in [2.45, 2.75) is 33.7 Å². The molecule has 1 saturated heterocycles. The Bertz CT molecular complexity index is 874. The van der Waals surface area contributed by atoms with E-state index in [0.717, 1.165) is 38.8 Å². The van der Waals surface area contributed by atoms with E-state index in [-0.39, 0.29) is 17.6 Å². The molecular formula is C21H29F2N5O. The highest BCUT2D eigenvalue weighted by atomic mass is 19.1. The Balaban J connectivity index is 1.68. The lowest BCUT2D eigenvalue weighted by molar-refractivity contribution is 0.0882. The van der Waals surface area contributed by atoms with Crippen molar-refractivity contribution in [2.24, 2.45) is 0 Å². The molecule has 29 heavy (non-hydrogen) atoms. The number of likely N-dealkylation sites (N-methyl/N-ethyl adjacent to an activating group) is 1. The zero-order valence-corrected chi connectivity index (χ0v) is 17.5. The van der Waals surface area contributed by atoms with Crippen LogP contribution in [-0.2, 0) is 0 Å². The normalized spacial score (nSPS) is 16.8. The van der Waals surface area contributed by atoms with E-state index >= 15 is 0 Å². The first kappa shape index (κ1) is 21.4. The molecule has 2 heterocycles. The maximum absolute atomic E-state index is 14.2. The van der Waals surface area contributed by atoms with Gasteiger partial charge in [-0.3, -0.25) is 9.69 Å². The van der Waals surface area contributed by atoms with Gasteiger partial charge in [-0.15, -0.1) is 0 Å². The maximum Gasteiger partial charge on any atom is 0.255 e. The summed E-state index contributed by atoms with van der Waals surface area (Å²) < 4.78 is 28.7. The van der Waals surface area contributed by atoms with Crippen molar-refractivity contribution >= 4 is 5.91 Å². The van der Waals surface area contributed by atoms with Crippen molar-refractivity contribution < 1.29 is 13.6 Å². The number of benzene rings is 1. The number of carbonyl (C=O) groups excluding carboxylic acids is 1. The van der Waals surface area contributed by atoms with E-state index in [1.54, 1.807) is 13.8 Å². The number of hydrogen-bond donors (Lipinski definition) is 1. The highest BCUT2D eigenvalue weighted by molar-refractivity contribution is 5.96. The largest absolute Gasteiger partial charge is 0.350 e. The Morgan fingerprint density at radius 1 is 1.21 bits per heavy atom. The molecule has 1 aromatic carbocycles. The van der Waals surface area contributed by atoms with Gasteiger partial charge in [-0.05, 0) is 39.4 Å². The molecule has 3 rings (SSSR count). The zero-order chi connectivity index (χ0) is 21.1. The highest BCUT2D eigenvalue weighted by Gasteiger charge is 2.23. The molecule has 1 unspecified atom stereocenters. The molecule has 1 fully saturated rings. The van der Waals surface area contributed by atoms with E-state index < -0.39 is 11.6 Å². The summed E-state index contributed by atoms with van der Waals surface area (Å²) in [5.74, 6) is -1.60. The first-order valence-electron chi connectivity index (χ1n) is 10.1. The number of aryl methyl sites for hydroxylation is 1. The van der Waals surface area contributed by atoms with E-state index in [2.05, 4.69) is 34.1 Å². The van der Waals surface area contributed by atoms with Crippen LogP contribution in [0.3, 0.4) is 0 Å². The summed E-state index contributed by atoms with van der Waals surface area (Å²) in [5.41, 5.74) is 1.58. The lowest BCUT2D eigenvalue weighted by Gasteiger charge is -2.37. The molecule has 0 spiro atoms. The number of piperazine rings is 1. The molecule has 6 nitrogen and oxygen atoms in total. The third-order valence-electron chi connectivity index (χ3n) is 5.69. The van der Waals surface area contributed by atoms with Crippen LogP contribution >= 0.6 is 0 Å². The minimum atomic E-state index is -0.720. The second-order valence-electron chi connectivity index (χ2n) is 7.58. The number of hydrogen-bond acceptors (Lipinski definition) is 4. The molecule has 2 aromatic rings. The first-order valence-corrected chi connectivity index (χ1v) is 10.1. The molecule has 1 N–H and O–H groups in total. The number of aromatic nitrogens is 2. The van der Waals surface area contributed by atoms with E-state index in [4.69, 9.17) is 0 Å². The smallest absolute Gasteiger partial charge is 0.255 e. The SMILES string of the molecule is CCN1CCN(C(C)CNC(=O)c2c(C)nn(-c3ccc(F)cc3F)c2C)CC1. The lowest BCUT2D eigenvalue weighted by atomic mass is 10.1. The van der Waals surface area contributed by atoms with Gasteiger partial charge in [0.05, 0.1) is 17.0 Å². The van der Waals surface area contributed by atoms with Gasteiger partial charge in [0.25, 0.3) is 5.91 Å². The van der Waals surface area contributed by atoms with Crippen LogP contribution in [0.5, 0.6) is 0 Å². The first-order chi connectivity index (χ1) is 13.8. The monoisotopic (exact) mass is 405 g/mol. The van der Waals surface area contributed by atoms with E-state index in [0.29, 0.717) is 23.5 Å². The molecule has 8 heteroatoms. The van der Waals surface area contributed by atoms with Crippen LogP contribution in [0.4, 0.5) is 8.78 Å². The van der Waals surface area contributed by atoms with Gasteiger partial charge in [-0.2, -0.15) is 5.10 Å². The molecule has 0 saturated carbocycles. The maximum atomic E-state index is 14.2. The fourth-order valence-electron chi connectivity index (χ4n) is 3.84. The van der Waals surface area contributed by atoms with Crippen molar-refractivity contribution in [3.63, 3.8) is 0 Å². The standard InChI is InChI=1S/C21H29F2N5O/c1-5-26-8-10-27(11-9-26)14(2)13-24-21(29)20-15(3)25-28(16(20)4)19-7-6-17(22)12-18(19)23/h6-7,12,14H,5,8-11,13H2,1-4H3,(H,24,29). The van der Waals surface area contributed by atoms with Gasteiger partial charge in [0, 0.05) is 44.8 Å². The second kappa shape index (κ2) is 9.00. The average Bonchev–Trinajstić information content (AvgIpc) is 3.00. The molecule has 0 aliphatic carbocycles. The lowest BCUT2D eigenvalue weighted by Crippen LogP contribution is -2.52. The van der Waals surface area contributed by atoms with Crippen LogP contribution in [-0.4, -0.2) is 70.8 Å².